The molecule has 1 rings (SSSR count). The molecule has 0 atom stereocenters. The highest BCUT2D eigenvalue weighted by atomic mass is 31.2. The molecule has 0 unspecified atom stereocenters. The lowest BCUT2D eigenvalue weighted by molar-refractivity contribution is -0.149. The fourth-order valence-corrected chi connectivity index (χ4v) is 1.69. The van der Waals surface area contributed by atoms with E-state index in [4.69, 9.17) is 20.0 Å². The molecule has 0 amide bonds. The number of carbonyl (C=O) groups is 4. The summed E-state index contributed by atoms with van der Waals surface area (Å²) in [6.07, 6.45) is 0.729. The number of carboxylic acid groups (broad SMARTS) is 2. The first-order valence-electron chi connectivity index (χ1n) is 6.69. The number of aliphatic carboxylic acids is 2. The average molecular weight is 393 g/mol. The predicted octanol–water partition coefficient (Wildman–Crippen LogP) is 0.0223. The second kappa shape index (κ2) is 10.4. The highest BCUT2D eigenvalue weighted by Gasteiger charge is 2.17. The number of rotatable bonds is 8. The van der Waals surface area contributed by atoms with Crippen LogP contribution in [0.15, 0.2) is 6.20 Å². The van der Waals surface area contributed by atoms with E-state index in [0.29, 0.717) is 6.29 Å². The maximum atomic E-state index is 10.7. The van der Waals surface area contributed by atoms with Crippen LogP contribution in [-0.2, 0) is 30.1 Å². The highest BCUT2D eigenvalue weighted by Crippen LogP contribution is 2.37. The van der Waals surface area contributed by atoms with Gasteiger partial charge in [-0.25, -0.2) is 9.36 Å². The minimum atomic E-state index is -4.61. The van der Waals surface area contributed by atoms with Crippen molar-refractivity contribution >= 4 is 31.8 Å². The molecule has 0 fully saturated rings. The number of ketones is 1. The number of hydrogen-bond acceptors (Lipinski definition) is 8. The van der Waals surface area contributed by atoms with E-state index in [-0.39, 0.29) is 22.6 Å². The van der Waals surface area contributed by atoms with Gasteiger partial charge in [0, 0.05) is 18.2 Å². The van der Waals surface area contributed by atoms with Crippen molar-refractivity contribution in [3.05, 3.63) is 23.0 Å². The molecule has 5 N–H and O–H groups in total. The van der Waals surface area contributed by atoms with E-state index in [9.17, 15) is 28.8 Å². The van der Waals surface area contributed by atoms with Crippen molar-refractivity contribution in [3.8, 4) is 5.75 Å². The molecule has 1 aromatic rings. The summed E-state index contributed by atoms with van der Waals surface area (Å²) in [6.45, 7) is 0.995. The summed E-state index contributed by atoms with van der Waals surface area (Å²) in [5, 5.41) is 25.4. The van der Waals surface area contributed by atoms with E-state index >= 15 is 0 Å². The van der Waals surface area contributed by atoms with Gasteiger partial charge in [0.15, 0.2) is 6.29 Å². The zero-order chi connectivity index (χ0) is 20.5. The topological polar surface area (TPSA) is 209 Å². The fourth-order valence-electron chi connectivity index (χ4n) is 1.38. The summed E-state index contributed by atoms with van der Waals surface area (Å²) in [6, 6.07) is 0. The number of carboxylic acids is 2. The standard InChI is InChI=1S/C8H10NO6P.C5H6O5/c1-5-8(11)7(3-10)6(2-9-5)4-15-16(12,13)14;6-3(5(9)10)1-2-4(7)8/h2-3,11H,4H2,1H3,(H2,12,13,14);1-2H2,(H,7,8)(H,9,10). The van der Waals surface area contributed by atoms with Crippen LogP contribution in [0, 0.1) is 6.92 Å². The Bertz CT molecular complexity index is 740. The van der Waals surface area contributed by atoms with Crippen molar-refractivity contribution in [1.29, 1.82) is 0 Å². The van der Waals surface area contributed by atoms with Gasteiger partial charge in [-0.05, 0) is 6.92 Å². The Balaban J connectivity index is 0.000000541. The van der Waals surface area contributed by atoms with Crippen LogP contribution in [0.4, 0.5) is 0 Å². The van der Waals surface area contributed by atoms with Gasteiger partial charge in [-0.3, -0.25) is 23.9 Å². The molecule has 0 bridgehead atoms. The number of Topliss-reactive ketones (excluding diaryl/α,β-unsaturated/α-hetero) is 1. The van der Waals surface area contributed by atoms with Crippen LogP contribution in [0.25, 0.3) is 0 Å². The van der Waals surface area contributed by atoms with E-state index < -0.39 is 45.0 Å². The summed E-state index contributed by atoms with van der Waals surface area (Å²) >= 11 is 0. The lowest BCUT2D eigenvalue weighted by Gasteiger charge is -2.09. The van der Waals surface area contributed by atoms with Crippen LogP contribution >= 0.6 is 7.82 Å². The van der Waals surface area contributed by atoms with E-state index in [0.717, 1.165) is 0 Å². The molecule has 0 aliphatic rings. The molecule has 0 radical (unpaired) electrons. The van der Waals surface area contributed by atoms with Crippen LogP contribution in [0.5, 0.6) is 5.75 Å². The summed E-state index contributed by atoms with van der Waals surface area (Å²) in [5.74, 6) is -4.14. The predicted molar refractivity (Wildman–Crippen MR) is 82.4 cm³/mol. The van der Waals surface area contributed by atoms with Gasteiger partial charge in [-0.15, -0.1) is 0 Å². The van der Waals surface area contributed by atoms with Crippen molar-refractivity contribution in [2.45, 2.75) is 26.4 Å². The van der Waals surface area contributed by atoms with Crippen LogP contribution < -0.4 is 0 Å². The van der Waals surface area contributed by atoms with Crippen LogP contribution in [0.1, 0.15) is 34.5 Å². The zero-order valence-electron chi connectivity index (χ0n) is 13.4. The Morgan fingerprint density at radius 1 is 1.23 bits per heavy atom. The molecule has 26 heavy (non-hydrogen) atoms. The molecule has 1 aromatic heterocycles. The SMILES string of the molecule is Cc1ncc(COP(=O)(O)O)c(C=O)c1O.O=C(O)CCC(=O)C(=O)O. The largest absolute Gasteiger partial charge is 0.505 e. The summed E-state index contributed by atoms with van der Waals surface area (Å²) < 4.78 is 14.7. The maximum absolute atomic E-state index is 10.7. The van der Waals surface area contributed by atoms with Gasteiger partial charge >= 0.3 is 19.8 Å². The molecular formula is C13H16NO11P. The van der Waals surface area contributed by atoms with Crippen molar-refractivity contribution in [3.63, 3.8) is 0 Å². The van der Waals surface area contributed by atoms with Crippen molar-refractivity contribution in [2.75, 3.05) is 0 Å². The van der Waals surface area contributed by atoms with Crippen molar-refractivity contribution in [2.24, 2.45) is 0 Å². The fraction of sp³-hybridized carbons (Fsp3) is 0.308. The third-order valence-corrected chi connectivity index (χ3v) is 3.13. The Morgan fingerprint density at radius 3 is 2.23 bits per heavy atom. The van der Waals surface area contributed by atoms with Crippen LogP contribution in [0.3, 0.4) is 0 Å². The normalized spacial score (nSPS) is 10.4. The Labute approximate surface area is 146 Å². The van der Waals surface area contributed by atoms with Gasteiger partial charge in [0.25, 0.3) is 0 Å². The third-order valence-electron chi connectivity index (χ3n) is 2.67. The van der Waals surface area contributed by atoms with Crippen molar-refractivity contribution in [1.82, 2.24) is 4.98 Å². The number of aryl methyl sites for hydroxylation is 1. The van der Waals surface area contributed by atoms with E-state index in [1.54, 1.807) is 0 Å². The summed E-state index contributed by atoms with van der Waals surface area (Å²) in [5.41, 5.74) is 0.282. The van der Waals surface area contributed by atoms with Gasteiger partial charge in [0.1, 0.15) is 5.75 Å². The molecule has 144 valence electrons. The number of hydrogen-bond donors (Lipinski definition) is 5. The van der Waals surface area contributed by atoms with E-state index in [1.807, 2.05) is 0 Å². The number of aldehydes is 1. The summed E-state index contributed by atoms with van der Waals surface area (Å²) in [7, 11) is -4.61. The summed E-state index contributed by atoms with van der Waals surface area (Å²) in [4.78, 5) is 61.1. The average Bonchev–Trinajstić information content (AvgIpc) is 2.53. The number of carbonyl (C=O) groups excluding carboxylic acids is 2. The lowest BCUT2D eigenvalue weighted by Crippen LogP contribution is -2.13. The number of phosphoric acid groups is 1. The Kier molecular flexibility index (Phi) is 9.30. The molecule has 13 heteroatoms. The molecule has 0 aliphatic carbocycles. The highest BCUT2D eigenvalue weighted by molar-refractivity contribution is 7.46. The lowest BCUT2D eigenvalue weighted by atomic mass is 10.1. The molecular weight excluding hydrogens is 377 g/mol. The smallest absolute Gasteiger partial charge is 0.469 e. The quantitative estimate of drug-likeness (QED) is 0.225. The second-order valence-corrected chi connectivity index (χ2v) is 5.87. The number of pyridine rings is 1. The molecule has 0 aliphatic heterocycles. The van der Waals surface area contributed by atoms with Gasteiger partial charge in [-0.2, -0.15) is 0 Å². The Morgan fingerprint density at radius 2 is 1.81 bits per heavy atom. The first-order valence-corrected chi connectivity index (χ1v) is 8.22. The third kappa shape index (κ3) is 8.99. The van der Waals surface area contributed by atoms with Gasteiger partial charge in [-0.1, -0.05) is 0 Å². The molecule has 0 saturated carbocycles. The monoisotopic (exact) mass is 393 g/mol. The molecule has 0 spiro atoms. The zero-order valence-corrected chi connectivity index (χ0v) is 14.3. The van der Waals surface area contributed by atoms with Crippen LogP contribution in [-0.4, -0.2) is 54.1 Å². The van der Waals surface area contributed by atoms with Gasteiger partial charge in [0.2, 0.25) is 5.78 Å². The van der Waals surface area contributed by atoms with Crippen molar-refractivity contribution < 1.29 is 53.4 Å². The molecule has 0 saturated heterocycles. The van der Waals surface area contributed by atoms with Gasteiger partial charge < -0.3 is 25.1 Å². The van der Waals surface area contributed by atoms with E-state index in [2.05, 4.69) is 9.51 Å². The number of aromatic nitrogens is 1. The first-order chi connectivity index (χ1) is 11.9. The minimum Gasteiger partial charge on any atom is -0.505 e. The van der Waals surface area contributed by atoms with Crippen LogP contribution in [0.2, 0.25) is 0 Å². The first kappa shape index (κ1) is 23.3. The number of nitrogens with zero attached hydrogens (tertiary/aromatic N) is 1. The van der Waals surface area contributed by atoms with Gasteiger partial charge in [0.05, 0.1) is 24.3 Å². The molecule has 0 aromatic carbocycles. The molecule has 1 heterocycles. The Hall–Kier alpha value is -2.66. The maximum Gasteiger partial charge on any atom is 0.469 e. The second-order valence-electron chi connectivity index (χ2n) is 4.64. The molecule has 12 nitrogen and oxygen atoms in total. The minimum absolute atomic E-state index is 0.0825. The number of aromatic hydroxyl groups is 1. The number of phosphoric ester groups is 1. The van der Waals surface area contributed by atoms with E-state index in [1.165, 1.54) is 13.1 Å².